The predicted molar refractivity (Wildman–Crippen MR) is 70.2 cm³/mol. The van der Waals surface area contributed by atoms with Gasteiger partial charge in [0.15, 0.2) is 0 Å². The third kappa shape index (κ3) is 2.96. The van der Waals surface area contributed by atoms with E-state index in [1.165, 1.54) is 10.4 Å². The average molecular weight is 250 g/mol. The number of rotatable bonds is 5. The molecule has 3 nitrogen and oxygen atoms in total. The maximum atomic E-state index is 5.52. The molecular weight excluding hydrogens is 232 g/mol. The summed E-state index contributed by atoms with van der Waals surface area (Å²) in [7, 11) is 0. The van der Waals surface area contributed by atoms with Gasteiger partial charge in [-0.1, -0.05) is 6.92 Å². The standard InChI is InChI=1S/C13H18N2OS/c1-4-11-5-6-17-12(11)7-14-8-13-15-9(2)10(3)16-13/h5-6,14H,4,7-8H2,1-3H3. The third-order valence-electron chi connectivity index (χ3n) is 2.85. The van der Waals surface area contributed by atoms with E-state index >= 15 is 0 Å². The zero-order valence-electron chi connectivity index (χ0n) is 10.5. The summed E-state index contributed by atoms with van der Waals surface area (Å²) in [6.45, 7) is 7.68. The van der Waals surface area contributed by atoms with Crippen molar-refractivity contribution in [1.29, 1.82) is 0 Å². The molecule has 0 atom stereocenters. The Balaban J connectivity index is 1.87. The fourth-order valence-corrected chi connectivity index (χ4v) is 2.68. The van der Waals surface area contributed by atoms with Crippen molar-refractivity contribution in [2.24, 2.45) is 0 Å². The van der Waals surface area contributed by atoms with Crippen LogP contribution in [0.2, 0.25) is 0 Å². The summed E-state index contributed by atoms with van der Waals surface area (Å²) in [6.07, 6.45) is 1.09. The second-order valence-electron chi connectivity index (χ2n) is 4.08. The van der Waals surface area contributed by atoms with Crippen molar-refractivity contribution in [3.05, 3.63) is 39.2 Å². The third-order valence-corrected chi connectivity index (χ3v) is 3.82. The molecule has 0 spiro atoms. The summed E-state index contributed by atoms with van der Waals surface area (Å²) in [5.41, 5.74) is 2.41. The van der Waals surface area contributed by atoms with Crippen LogP contribution in [0.3, 0.4) is 0 Å². The number of hydrogen-bond donors (Lipinski definition) is 1. The molecule has 92 valence electrons. The van der Waals surface area contributed by atoms with Gasteiger partial charge in [-0.3, -0.25) is 0 Å². The SMILES string of the molecule is CCc1ccsc1CNCc1nc(C)c(C)o1. The molecule has 1 N–H and O–H groups in total. The van der Waals surface area contributed by atoms with Crippen LogP contribution in [0, 0.1) is 13.8 Å². The number of aryl methyl sites for hydroxylation is 3. The van der Waals surface area contributed by atoms with E-state index in [0.29, 0.717) is 6.54 Å². The van der Waals surface area contributed by atoms with Crippen LogP contribution in [0.4, 0.5) is 0 Å². The van der Waals surface area contributed by atoms with Crippen molar-refractivity contribution < 1.29 is 4.42 Å². The van der Waals surface area contributed by atoms with E-state index in [1.54, 1.807) is 11.3 Å². The zero-order valence-corrected chi connectivity index (χ0v) is 11.4. The summed E-state index contributed by atoms with van der Waals surface area (Å²) in [5.74, 6) is 1.68. The highest BCUT2D eigenvalue weighted by Crippen LogP contribution is 2.17. The Morgan fingerprint density at radius 2 is 2.18 bits per heavy atom. The lowest BCUT2D eigenvalue weighted by Crippen LogP contribution is -2.12. The minimum atomic E-state index is 0.690. The Hall–Kier alpha value is -1.13. The monoisotopic (exact) mass is 250 g/mol. The zero-order chi connectivity index (χ0) is 12.3. The number of thiophene rings is 1. The first kappa shape index (κ1) is 12.3. The minimum Gasteiger partial charge on any atom is -0.444 e. The molecule has 0 fully saturated rings. The number of aromatic nitrogens is 1. The van der Waals surface area contributed by atoms with Crippen molar-refractivity contribution in [3.8, 4) is 0 Å². The predicted octanol–water partition coefficient (Wildman–Crippen LogP) is 3.21. The van der Waals surface area contributed by atoms with Crippen molar-refractivity contribution in [3.63, 3.8) is 0 Å². The number of oxazole rings is 1. The van der Waals surface area contributed by atoms with E-state index in [1.807, 2.05) is 13.8 Å². The van der Waals surface area contributed by atoms with E-state index in [9.17, 15) is 0 Å². The maximum absolute atomic E-state index is 5.52. The van der Waals surface area contributed by atoms with Gasteiger partial charge in [-0.15, -0.1) is 11.3 Å². The smallest absolute Gasteiger partial charge is 0.208 e. The number of nitrogens with zero attached hydrogens (tertiary/aromatic N) is 1. The van der Waals surface area contributed by atoms with Crippen molar-refractivity contribution in [2.45, 2.75) is 40.3 Å². The molecule has 2 heterocycles. The largest absolute Gasteiger partial charge is 0.444 e. The van der Waals surface area contributed by atoms with Crippen LogP contribution >= 0.6 is 11.3 Å². The van der Waals surface area contributed by atoms with Gasteiger partial charge in [-0.2, -0.15) is 0 Å². The van der Waals surface area contributed by atoms with Crippen molar-refractivity contribution in [2.75, 3.05) is 0 Å². The molecule has 2 rings (SSSR count). The lowest BCUT2D eigenvalue weighted by atomic mass is 10.2. The van der Waals surface area contributed by atoms with Gasteiger partial charge in [0.2, 0.25) is 5.89 Å². The second kappa shape index (κ2) is 5.47. The molecule has 0 saturated heterocycles. The van der Waals surface area contributed by atoms with Gasteiger partial charge in [-0.25, -0.2) is 4.98 Å². The topological polar surface area (TPSA) is 38.1 Å². The summed E-state index contributed by atoms with van der Waals surface area (Å²) in [5, 5.41) is 5.52. The van der Waals surface area contributed by atoms with Gasteiger partial charge >= 0.3 is 0 Å². The first-order valence-corrected chi connectivity index (χ1v) is 6.77. The van der Waals surface area contributed by atoms with Gasteiger partial charge < -0.3 is 9.73 Å². The molecule has 2 aromatic heterocycles. The van der Waals surface area contributed by atoms with Gasteiger partial charge in [-0.05, 0) is 37.3 Å². The molecule has 17 heavy (non-hydrogen) atoms. The summed E-state index contributed by atoms with van der Waals surface area (Å²) >= 11 is 1.80. The van der Waals surface area contributed by atoms with E-state index < -0.39 is 0 Å². The van der Waals surface area contributed by atoms with Crippen LogP contribution in [0.5, 0.6) is 0 Å². The Bertz CT molecular complexity index is 468. The summed E-state index contributed by atoms with van der Waals surface area (Å²) in [4.78, 5) is 5.76. The normalized spacial score (nSPS) is 11.0. The highest BCUT2D eigenvalue weighted by molar-refractivity contribution is 7.10. The van der Waals surface area contributed by atoms with Crippen LogP contribution in [-0.2, 0) is 19.5 Å². The molecule has 0 bridgehead atoms. The fraction of sp³-hybridized carbons (Fsp3) is 0.462. The van der Waals surface area contributed by atoms with Crippen LogP contribution in [0.1, 0.15) is 34.7 Å². The molecule has 0 amide bonds. The van der Waals surface area contributed by atoms with E-state index in [2.05, 4.69) is 28.7 Å². The lowest BCUT2D eigenvalue weighted by molar-refractivity contribution is 0.449. The average Bonchev–Trinajstić information content (AvgIpc) is 2.87. The molecule has 0 aliphatic heterocycles. The van der Waals surface area contributed by atoms with Crippen LogP contribution in [0.25, 0.3) is 0 Å². The van der Waals surface area contributed by atoms with Gasteiger partial charge in [0.1, 0.15) is 5.76 Å². The Morgan fingerprint density at radius 3 is 2.82 bits per heavy atom. The van der Waals surface area contributed by atoms with Crippen LogP contribution < -0.4 is 5.32 Å². The van der Waals surface area contributed by atoms with Crippen LogP contribution in [-0.4, -0.2) is 4.98 Å². The quantitative estimate of drug-likeness (QED) is 0.885. The first-order valence-electron chi connectivity index (χ1n) is 5.89. The highest BCUT2D eigenvalue weighted by atomic mass is 32.1. The first-order chi connectivity index (χ1) is 8.20. The summed E-state index contributed by atoms with van der Waals surface area (Å²) in [6, 6.07) is 2.20. The second-order valence-corrected chi connectivity index (χ2v) is 5.08. The Labute approximate surface area is 106 Å². The highest BCUT2D eigenvalue weighted by Gasteiger charge is 2.06. The molecule has 0 unspecified atom stereocenters. The Morgan fingerprint density at radius 1 is 1.35 bits per heavy atom. The van der Waals surface area contributed by atoms with Crippen LogP contribution in [0.15, 0.2) is 15.9 Å². The fourth-order valence-electron chi connectivity index (χ4n) is 1.73. The number of nitrogens with one attached hydrogen (secondary N) is 1. The molecule has 0 aromatic carbocycles. The summed E-state index contributed by atoms with van der Waals surface area (Å²) < 4.78 is 5.52. The molecule has 0 saturated carbocycles. The molecule has 4 heteroatoms. The molecular formula is C13H18N2OS. The van der Waals surface area contributed by atoms with Gasteiger partial charge in [0.05, 0.1) is 12.2 Å². The molecule has 0 radical (unpaired) electrons. The van der Waals surface area contributed by atoms with E-state index in [4.69, 9.17) is 4.42 Å². The van der Waals surface area contributed by atoms with Gasteiger partial charge in [0, 0.05) is 11.4 Å². The number of hydrogen-bond acceptors (Lipinski definition) is 4. The van der Waals surface area contributed by atoms with Crippen molar-refractivity contribution >= 4 is 11.3 Å². The van der Waals surface area contributed by atoms with E-state index in [-0.39, 0.29) is 0 Å². The Kier molecular flexibility index (Phi) is 3.97. The van der Waals surface area contributed by atoms with Gasteiger partial charge in [0.25, 0.3) is 0 Å². The molecule has 0 aliphatic carbocycles. The molecule has 0 aliphatic rings. The van der Waals surface area contributed by atoms with Crippen molar-refractivity contribution in [1.82, 2.24) is 10.3 Å². The maximum Gasteiger partial charge on any atom is 0.208 e. The van der Waals surface area contributed by atoms with E-state index in [0.717, 1.165) is 30.3 Å². The minimum absolute atomic E-state index is 0.690. The lowest BCUT2D eigenvalue weighted by Gasteiger charge is -2.02. The molecule has 2 aromatic rings.